The average Bonchev–Trinajstić information content (AvgIpc) is 1.98. The van der Waals surface area contributed by atoms with Crippen LogP contribution in [-0.2, 0) is 0 Å². The molecule has 3 heteroatoms. The summed E-state index contributed by atoms with van der Waals surface area (Å²) in [6.07, 6.45) is 1.11. The molecule has 0 aromatic rings. The van der Waals surface area contributed by atoms with Gasteiger partial charge < -0.3 is 15.7 Å². The maximum absolute atomic E-state index is 8.41. The van der Waals surface area contributed by atoms with E-state index in [0.717, 1.165) is 13.0 Å². The Morgan fingerprint density at radius 1 is 1.40 bits per heavy atom. The lowest BCUT2D eigenvalue weighted by atomic mass is 10.2. The number of aliphatic hydroxyl groups is 1. The Hall–Kier alpha value is -0.120. The Labute approximate surface area is 62.8 Å². The highest BCUT2D eigenvalue weighted by Gasteiger charge is 1.94. The first-order valence-corrected chi connectivity index (χ1v) is 3.80. The first kappa shape index (κ1) is 9.88. The third-order valence-corrected chi connectivity index (χ3v) is 1.54. The molecule has 0 fully saturated rings. The monoisotopic (exact) mass is 146 g/mol. The Morgan fingerprint density at radius 2 is 2.10 bits per heavy atom. The van der Waals surface area contributed by atoms with Crippen LogP contribution >= 0.6 is 0 Å². The van der Waals surface area contributed by atoms with Crippen molar-refractivity contribution in [1.29, 1.82) is 0 Å². The highest BCUT2D eigenvalue weighted by Crippen LogP contribution is 1.84. The van der Waals surface area contributed by atoms with Crippen molar-refractivity contribution < 1.29 is 5.11 Å². The summed E-state index contributed by atoms with van der Waals surface area (Å²) in [5, 5.41) is 14.7. The molecule has 0 saturated heterocycles. The van der Waals surface area contributed by atoms with Gasteiger partial charge in [0, 0.05) is 12.6 Å². The highest BCUT2D eigenvalue weighted by atomic mass is 16.3. The van der Waals surface area contributed by atoms with E-state index < -0.39 is 0 Å². The second-order valence-corrected chi connectivity index (χ2v) is 2.45. The van der Waals surface area contributed by atoms with E-state index in [1.54, 1.807) is 0 Å². The van der Waals surface area contributed by atoms with E-state index >= 15 is 0 Å². The Kier molecular flexibility index (Phi) is 6.91. The van der Waals surface area contributed by atoms with E-state index in [-0.39, 0.29) is 6.61 Å². The Bertz CT molecular complexity index is 68.6. The van der Waals surface area contributed by atoms with E-state index in [9.17, 15) is 0 Å². The molecular formula is C7H18N2O. The van der Waals surface area contributed by atoms with Crippen LogP contribution in [0.4, 0.5) is 0 Å². The maximum atomic E-state index is 8.41. The maximum Gasteiger partial charge on any atom is 0.0555 e. The predicted octanol–water partition coefficient (Wildman–Crippen LogP) is -0.434. The SMILES string of the molecule is CNC(C)CCNCCO. The minimum atomic E-state index is 0.230. The van der Waals surface area contributed by atoms with Crippen LogP contribution in [0.3, 0.4) is 0 Å². The molecule has 1 unspecified atom stereocenters. The first-order chi connectivity index (χ1) is 4.81. The average molecular weight is 146 g/mol. The summed E-state index contributed by atoms with van der Waals surface area (Å²) in [6.45, 7) is 4.05. The van der Waals surface area contributed by atoms with Crippen molar-refractivity contribution >= 4 is 0 Å². The van der Waals surface area contributed by atoms with E-state index in [0.29, 0.717) is 12.6 Å². The molecule has 62 valence electrons. The van der Waals surface area contributed by atoms with Gasteiger partial charge in [0.15, 0.2) is 0 Å². The topological polar surface area (TPSA) is 44.3 Å². The summed E-state index contributed by atoms with van der Waals surface area (Å²) in [7, 11) is 1.96. The summed E-state index contributed by atoms with van der Waals surface area (Å²) < 4.78 is 0. The molecule has 0 aromatic carbocycles. The van der Waals surface area contributed by atoms with Crippen LogP contribution < -0.4 is 10.6 Å². The molecule has 0 heterocycles. The molecule has 3 N–H and O–H groups in total. The molecule has 0 bridgehead atoms. The zero-order chi connectivity index (χ0) is 7.82. The third kappa shape index (κ3) is 6.01. The lowest BCUT2D eigenvalue weighted by Gasteiger charge is -2.09. The first-order valence-electron chi connectivity index (χ1n) is 3.80. The molecule has 0 saturated carbocycles. The van der Waals surface area contributed by atoms with E-state index in [1.807, 2.05) is 7.05 Å². The van der Waals surface area contributed by atoms with Gasteiger partial charge in [-0.25, -0.2) is 0 Å². The highest BCUT2D eigenvalue weighted by molar-refractivity contribution is 4.58. The van der Waals surface area contributed by atoms with Crippen molar-refractivity contribution in [3.8, 4) is 0 Å². The van der Waals surface area contributed by atoms with Gasteiger partial charge in [-0.1, -0.05) is 0 Å². The lowest BCUT2D eigenvalue weighted by molar-refractivity contribution is 0.291. The summed E-state index contributed by atoms with van der Waals surface area (Å²) in [5.74, 6) is 0. The summed E-state index contributed by atoms with van der Waals surface area (Å²) in [4.78, 5) is 0. The van der Waals surface area contributed by atoms with Gasteiger partial charge in [0.2, 0.25) is 0 Å². The van der Waals surface area contributed by atoms with Crippen molar-refractivity contribution in [2.24, 2.45) is 0 Å². The van der Waals surface area contributed by atoms with Crippen LogP contribution in [0.15, 0.2) is 0 Å². The fourth-order valence-corrected chi connectivity index (χ4v) is 0.667. The zero-order valence-electron chi connectivity index (χ0n) is 6.85. The Morgan fingerprint density at radius 3 is 2.60 bits per heavy atom. The Balaban J connectivity index is 2.89. The van der Waals surface area contributed by atoms with Crippen LogP contribution in [0.25, 0.3) is 0 Å². The van der Waals surface area contributed by atoms with Gasteiger partial charge in [-0.2, -0.15) is 0 Å². The van der Waals surface area contributed by atoms with Crippen molar-refractivity contribution in [2.45, 2.75) is 19.4 Å². The molecule has 0 rings (SSSR count). The number of aliphatic hydroxyl groups excluding tert-OH is 1. The van der Waals surface area contributed by atoms with Crippen molar-refractivity contribution in [3.05, 3.63) is 0 Å². The number of nitrogens with one attached hydrogen (secondary N) is 2. The summed E-state index contributed by atoms with van der Waals surface area (Å²) in [5.41, 5.74) is 0. The van der Waals surface area contributed by atoms with Crippen molar-refractivity contribution in [3.63, 3.8) is 0 Å². The largest absolute Gasteiger partial charge is 0.395 e. The molecule has 10 heavy (non-hydrogen) atoms. The zero-order valence-corrected chi connectivity index (χ0v) is 6.85. The second-order valence-electron chi connectivity index (χ2n) is 2.45. The fourth-order valence-electron chi connectivity index (χ4n) is 0.667. The molecular weight excluding hydrogens is 128 g/mol. The molecule has 0 aromatic heterocycles. The van der Waals surface area contributed by atoms with Gasteiger partial charge in [0.1, 0.15) is 0 Å². The minimum absolute atomic E-state index is 0.230. The summed E-state index contributed by atoms with van der Waals surface area (Å²) >= 11 is 0. The van der Waals surface area contributed by atoms with Gasteiger partial charge in [0.05, 0.1) is 6.61 Å². The molecule has 1 atom stereocenters. The quantitative estimate of drug-likeness (QED) is 0.445. The lowest BCUT2D eigenvalue weighted by Crippen LogP contribution is -2.28. The molecule has 3 nitrogen and oxygen atoms in total. The van der Waals surface area contributed by atoms with Crippen LogP contribution in [0.5, 0.6) is 0 Å². The standard InChI is InChI=1S/C7H18N2O/c1-7(8-2)3-4-9-5-6-10/h7-10H,3-6H2,1-2H3. The summed E-state index contributed by atoms with van der Waals surface area (Å²) in [6, 6.07) is 0.561. The van der Waals surface area contributed by atoms with Crippen molar-refractivity contribution in [2.75, 3.05) is 26.7 Å². The van der Waals surface area contributed by atoms with Crippen LogP contribution in [-0.4, -0.2) is 37.9 Å². The van der Waals surface area contributed by atoms with Crippen LogP contribution in [0.2, 0.25) is 0 Å². The number of hydrogen-bond acceptors (Lipinski definition) is 3. The van der Waals surface area contributed by atoms with Gasteiger partial charge in [-0.3, -0.25) is 0 Å². The number of hydrogen-bond donors (Lipinski definition) is 3. The van der Waals surface area contributed by atoms with E-state index in [4.69, 9.17) is 5.11 Å². The normalized spacial score (nSPS) is 13.5. The van der Waals surface area contributed by atoms with Gasteiger partial charge >= 0.3 is 0 Å². The molecule has 0 radical (unpaired) electrons. The van der Waals surface area contributed by atoms with E-state index in [1.165, 1.54) is 0 Å². The minimum Gasteiger partial charge on any atom is -0.395 e. The second kappa shape index (κ2) is 6.99. The molecule has 0 aliphatic heterocycles. The third-order valence-electron chi connectivity index (χ3n) is 1.54. The fraction of sp³-hybridized carbons (Fsp3) is 1.00. The predicted molar refractivity (Wildman–Crippen MR) is 43.1 cm³/mol. The van der Waals surface area contributed by atoms with Gasteiger partial charge in [-0.15, -0.1) is 0 Å². The van der Waals surface area contributed by atoms with Gasteiger partial charge in [-0.05, 0) is 26.9 Å². The van der Waals surface area contributed by atoms with Crippen molar-refractivity contribution in [1.82, 2.24) is 10.6 Å². The molecule has 0 aliphatic carbocycles. The van der Waals surface area contributed by atoms with Crippen LogP contribution in [0, 0.1) is 0 Å². The molecule has 0 spiro atoms. The van der Waals surface area contributed by atoms with Crippen LogP contribution in [0.1, 0.15) is 13.3 Å². The molecule has 0 amide bonds. The van der Waals surface area contributed by atoms with Gasteiger partial charge in [0.25, 0.3) is 0 Å². The molecule has 0 aliphatic rings. The smallest absolute Gasteiger partial charge is 0.0555 e. The van der Waals surface area contributed by atoms with E-state index in [2.05, 4.69) is 17.6 Å². The number of rotatable bonds is 6.